The summed E-state index contributed by atoms with van der Waals surface area (Å²) in [5.74, 6) is 1.08. The fraction of sp³-hybridized carbons (Fsp3) is 0.348. The van der Waals surface area contributed by atoms with E-state index < -0.39 is 0 Å². The van der Waals surface area contributed by atoms with Crippen molar-refractivity contribution in [1.82, 2.24) is 19.4 Å². The van der Waals surface area contributed by atoms with Gasteiger partial charge in [-0.05, 0) is 18.1 Å². The van der Waals surface area contributed by atoms with Gasteiger partial charge in [0.15, 0.2) is 0 Å². The van der Waals surface area contributed by atoms with Crippen molar-refractivity contribution in [3.05, 3.63) is 89.5 Å². The molecule has 140 valence electrons. The molecular weight excluding hydrogens is 332 g/mol. The van der Waals surface area contributed by atoms with Crippen molar-refractivity contribution in [2.75, 3.05) is 26.2 Å². The zero-order chi connectivity index (χ0) is 18.6. The molecule has 4 heteroatoms. The number of aromatic nitrogens is 2. The molecule has 0 unspecified atom stereocenters. The first-order valence-electron chi connectivity index (χ1n) is 9.76. The molecule has 1 aliphatic heterocycles. The van der Waals surface area contributed by atoms with Crippen LogP contribution in [0.3, 0.4) is 0 Å². The number of aryl methyl sites for hydroxylation is 1. The van der Waals surface area contributed by atoms with Gasteiger partial charge in [0, 0.05) is 46.0 Å². The maximum atomic E-state index is 4.43. The van der Waals surface area contributed by atoms with Crippen LogP contribution in [-0.2, 0) is 13.6 Å². The molecule has 2 aromatic carbocycles. The summed E-state index contributed by atoms with van der Waals surface area (Å²) in [7, 11) is 2.11. The summed E-state index contributed by atoms with van der Waals surface area (Å²) in [6.07, 6.45) is 2.01. The minimum Gasteiger partial charge on any atom is -0.334 e. The first-order valence-corrected chi connectivity index (χ1v) is 9.76. The SMILES string of the molecule is Cc1ncc(CN2CCN(C(c3ccccc3)c3ccccc3)CC2)n1C. The van der Waals surface area contributed by atoms with E-state index >= 15 is 0 Å². The second-order valence-corrected chi connectivity index (χ2v) is 7.39. The highest BCUT2D eigenvalue weighted by atomic mass is 15.3. The van der Waals surface area contributed by atoms with Gasteiger partial charge in [0.05, 0.1) is 11.7 Å². The van der Waals surface area contributed by atoms with Crippen molar-refractivity contribution in [2.24, 2.45) is 7.05 Å². The minimum absolute atomic E-state index is 0.327. The van der Waals surface area contributed by atoms with Crippen LogP contribution in [0.25, 0.3) is 0 Å². The van der Waals surface area contributed by atoms with Gasteiger partial charge in [0.1, 0.15) is 5.82 Å². The zero-order valence-corrected chi connectivity index (χ0v) is 16.3. The van der Waals surface area contributed by atoms with Crippen molar-refractivity contribution in [3.8, 4) is 0 Å². The van der Waals surface area contributed by atoms with Crippen LogP contribution in [0, 0.1) is 6.92 Å². The van der Waals surface area contributed by atoms with Crippen LogP contribution < -0.4 is 0 Å². The van der Waals surface area contributed by atoms with Crippen molar-refractivity contribution in [1.29, 1.82) is 0 Å². The molecule has 4 rings (SSSR count). The average Bonchev–Trinajstić information content (AvgIpc) is 3.03. The molecule has 0 N–H and O–H groups in total. The summed E-state index contributed by atoms with van der Waals surface area (Å²) in [5.41, 5.74) is 4.04. The Balaban J connectivity index is 1.48. The van der Waals surface area contributed by atoms with Crippen LogP contribution in [0.2, 0.25) is 0 Å². The van der Waals surface area contributed by atoms with Gasteiger partial charge in [-0.25, -0.2) is 4.98 Å². The van der Waals surface area contributed by atoms with Gasteiger partial charge in [-0.2, -0.15) is 0 Å². The highest BCUT2D eigenvalue weighted by Gasteiger charge is 2.26. The van der Waals surface area contributed by atoms with Crippen LogP contribution in [0.15, 0.2) is 66.9 Å². The lowest BCUT2D eigenvalue weighted by atomic mass is 9.96. The number of piperazine rings is 1. The molecule has 2 heterocycles. The van der Waals surface area contributed by atoms with E-state index in [1.165, 1.54) is 16.8 Å². The molecule has 0 atom stereocenters. The van der Waals surface area contributed by atoms with E-state index in [0.717, 1.165) is 38.5 Å². The monoisotopic (exact) mass is 360 g/mol. The Morgan fingerprint density at radius 2 is 1.41 bits per heavy atom. The standard InChI is InChI=1S/C23H28N4/c1-19-24-17-22(25(19)2)18-26-13-15-27(16-14-26)23(20-9-5-3-6-10-20)21-11-7-4-8-12-21/h3-12,17,23H,13-16,18H2,1-2H3. The lowest BCUT2D eigenvalue weighted by molar-refractivity contribution is 0.103. The second kappa shape index (κ2) is 8.07. The predicted octanol–water partition coefficient (Wildman–Crippen LogP) is 3.64. The lowest BCUT2D eigenvalue weighted by Gasteiger charge is -2.39. The van der Waals surface area contributed by atoms with E-state index in [1.807, 2.05) is 6.20 Å². The number of rotatable bonds is 5. The maximum absolute atomic E-state index is 4.43. The molecule has 3 aromatic rings. The number of hydrogen-bond acceptors (Lipinski definition) is 3. The van der Waals surface area contributed by atoms with Crippen LogP contribution in [0.1, 0.15) is 28.7 Å². The molecule has 0 spiro atoms. The highest BCUT2D eigenvalue weighted by Crippen LogP contribution is 2.29. The number of nitrogens with zero attached hydrogens (tertiary/aromatic N) is 4. The fourth-order valence-electron chi connectivity index (χ4n) is 3.99. The fourth-order valence-corrected chi connectivity index (χ4v) is 3.99. The van der Waals surface area contributed by atoms with E-state index in [9.17, 15) is 0 Å². The third-order valence-electron chi connectivity index (χ3n) is 5.70. The molecule has 0 aliphatic carbocycles. The summed E-state index contributed by atoms with van der Waals surface area (Å²) < 4.78 is 2.20. The molecule has 0 radical (unpaired) electrons. The Labute approximate surface area is 162 Å². The third kappa shape index (κ3) is 3.97. The predicted molar refractivity (Wildman–Crippen MR) is 110 cm³/mol. The summed E-state index contributed by atoms with van der Waals surface area (Å²) in [6, 6.07) is 22.1. The van der Waals surface area contributed by atoms with Gasteiger partial charge < -0.3 is 4.57 Å². The zero-order valence-electron chi connectivity index (χ0n) is 16.3. The van der Waals surface area contributed by atoms with Gasteiger partial charge in [0.2, 0.25) is 0 Å². The van der Waals surface area contributed by atoms with E-state index in [-0.39, 0.29) is 0 Å². The molecule has 1 aromatic heterocycles. The minimum atomic E-state index is 0.327. The van der Waals surface area contributed by atoms with Crippen molar-refractivity contribution in [2.45, 2.75) is 19.5 Å². The Bertz CT molecular complexity index is 809. The summed E-state index contributed by atoms with van der Waals surface area (Å²) in [6.45, 7) is 7.36. The quantitative estimate of drug-likeness (QED) is 0.694. The smallest absolute Gasteiger partial charge is 0.105 e. The summed E-state index contributed by atoms with van der Waals surface area (Å²) in [5, 5.41) is 0. The van der Waals surface area contributed by atoms with E-state index in [0.29, 0.717) is 6.04 Å². The van der Waals surface area contributed by atoms with E-state index in [1.54, 1.807) is 0 Å². The van der Waals surface area contributed by atoms with Crippen LogP contribution in [0.5, 0.6) is 0 Å². The van der Waals surface area contributed by atoms with Gasteiger partial charge in [0.25, 0.3) is 0 Å². The van der Waals surface area contributed by atoms with Gasteiger partial charge in [-0.3, -0.25) is 9.80 Å². The molecule has 4 nitrogen and oxygen atoms in total. The molecular formula is C23H28N4. The van der Waals surface area contributed by atoms with E-state index in [4.69, 9.17) is 0 Å². The van der Waals surface area contributed by atoms with Gasteiger partial charge in [-0.1, -0.05) is 60.7 Å². The number of imidazole rings is 1. The molecule has 27 heavy (non-hydrogen) atoms. The Kier molecular flexibility index (Phi) is 5.37. The molecule has 1 fully saturated rings. The Hall–Kier alpha value is -2.43. The number of hydrogen-bond donors (Lipinski definition) is 0. The number of benzene rings is 2. The van der Waals surface area contributed by atoms with Crippen molar-refractivity contribution >= 4 is 0 Å². The topological polar surface area (TPSA) is 24.3 Å². The molecule has 1 saturated heterocycles. The molecule has 0 bridgehead atoms. The van der Waals surface area contributed by atoms with Crippen molar-refractivity contribution in [3.63, 3.8) is 0 Å². The molecule has 0 amide bonds. The molecule has 1 aliphatic rings. The van der Waals surface area contributed by atoms with Crippen molar-refractivity contribution < 1.29 is 0 Å². The average molecular weight is 361 g/mol. The Morgan fingerprint density at radius 1 is 0.852 bits per heavy atom. The molecule has 0 saturated carbocycles. The highest BCUT2D eigenvalue weighted by molar-refractivity contribution is 5.32. The van der Waals surface area contributed by atoms with Crippen LogP contribution in [-0.4, -0.2) is 45.5 Å². The summed E-state index contributed by atoms with van der Waals surface area (Å²) in [4.78, 5) is 9.59. The van der Waals surface area contributed by atoms with Crippen LogP contribution >= 0.6 is 0 Å². The first kappa shape index (κ1) is 18.0. The second-order valence-electron chi connectivity index (χ2n) is 7.39. The first-order chi connectivity index (χ1) is 13.2. The largest absolute Gasteiger partial charge is 0.334 e. The van der Waals surface area contributed by atoms with Crippen LogP contribution in [0.4, 0.5) is 0 Å². The third-order valence-corrected chi connectivity index (χ3v) is 5.70. The normalized spacial score (nSPS) is 16.1. The maximum Gasteiger partial charge on any atom is 0.105 e. The summed E-state index contributed by atoms with van der Waals surface area (Å²) >= 11 is 0. The van der Waals surface area contributed by atoms with Gasteiger partial charge in [-0.15, -0.1) is 0 Å². The Morgan fingerprint density at radius 3 is 1.89 bits per heavy atom. The van der Waals surface area contributed by atoms with E-state index in [2.05, 4.69) is 94.0 Å². The lowest BCUT2D eigenvalue weighted by Crippen LogP contribution is -2.47. The van der Waals surface area contributed by atoms with Gasteiger partial charge >= 0.3 is 0 Å².